The largest absolute Gasteiger partial charge is 0.484 e. The quantitative estimate of drug-likeness (QED) is 0.652. The molecule has 0 radical (unpaired) electrons. The summed E-state index contributed by atoms with van der Waals surface area (Å²) >= 11 is 0. The average Bonchev–Trinajstić information content (AvgIpc) is 3.26. The Kier molecular flexibility index (Phi) is 3.56. The van der Waals surface area contributed by atoms with Gasteiger partial charge in [0, 0.05) is 24.4 Å². The molecule has 142 valence electrons. The first-order valence-corrected chi connectivity index (χ1v) is 9.38. The van der Waals surface area contributed by atoms with Gasteiger partial charge >= 0.3 is 0 Å². The molecule has 3 aromatic rings. The van der Waals surface area contributed by atoms with Crippen molar-refractivity contribution in [2.75, 3.05) is 13.1 Å². The number of amides is 1. The number of likely N-dealkylation sites (tertiary alicyclic amines) is 1. The van der Waals surface area contributed by atoms with Crippen LogP contribution in [0.5, 0.6) is 5.75 Å². The Hall–Kier alpha value is -3.22. The molecule has 7 nitrogen and oxygen atoms in total. The average molecular weight is 376 g/mol. The van der Waals surface area contributed by atoms with Crippen LogP contribution in [0.1, 0.15) is 44.9 Å². The van der Waals surface area contributed by atoms with Crippen molar-refractivity contribution in [2.45, 2.75) is 32.3 Å². The molecule has 2 aliphatic rings. The van der Waals surface area contributed by atoms with Crippen LogP contribution in [0.15, 0.2) is 36.5 Å². The molecule has 7 heteroatoms. The Labute approximate surface area is 161 Å². The molecule has 4 heterocycles. The Morgan fingerprint density at radius 3 is 2.93 bits per heavy atom. The van der Waals surface area contributed by atoms with Crippen LogP contribution in [0, 0.1) is 13.8 Å². The second-order valence-electron chi connectivity index (χ2n) is 7.69. The number of hydrogen-bond acceptors (Lipinski definition) is 5. The highest BCUT2D eigenvalue weighted by molar-refractivity contribution is 6.01. The van der Waals surface area contributed by atoms with Crippen LogP contribution in [0.25, 0.3) is 5.65 Å². The molecule has 5 rings (SSSR count). The minimum absolute atomic E-state index is 0.0695. The zero-order chi connectivity index (χ0) is 19.5. The topological polar surface area (TPSA) is 76.8 Å². The molecule has 1 atom stereocenters. The maximum Gasteiger partial charge on any atom is 0.259 e. The van der Waals surface area contributed by atoms with Crippen LogP contribution in [0.3, 0.4) is 0 Å². The zero-order valence-corrected chi connectivity index (χ0v) is 15.8. The maximum absolute atomic E-state index is 13.2. The van der Waals surface area contributed by atoms with Crippen LogP contribution in [0.2, 0.25) is 0 Å². The Bertz CT molecular complexity index is 1140. The lowest BCUT2D eigenvalue weighted by Gasteiger charge is -2.34. The molecule has 1 saturated heterocycles. The highest BCUT2D eigenvalue weighted by Gasteiger charge is 2.47. The summed E-state index contributed by atoms with van der Waals surface area (Å²) in [6, 6.07) is 9.23. The van der Waals surface area contributed by atoms with Crippen molar-refractivity contribution < 1.29 is 14.3 Å². The summed E-state index contributed by atoms with van der Waals surface area (Å²) in [4.78, 5) is 32.0. The number of Topliss-reactive ketones (excluding diaryl/α,β-unsaturated/α-hetero) is 1. The number of aromatic nitrogens is 3. The van der Waals surface area contributed by atoms with Gasteiger partial charge in [0.15, 0.2) is 11.4 Å². The van der Waals surface area contributed by atoms with E-state index in [9.17, 15) is 9.59 Å². The van der Waals surface area contributed by atoms with Crippen LogP contribution in [-0.4, -0.2) is 49.9 Å². The van der Waals surface area contributed by atoms with Crippen molar-refractivity contribution in [3.8, 4) is 5.75 Å². The van der Waals surface area contributed by atoms with Gasteiger partial charge in [-0.2, -0.15) is 5.10 Å². The second-order valence-corrected chi connectivity index (χ2v) is 7.69. The Morgan fingerprint density at radius 2 is 2.07 bits per heavy atom. The normalized spacial score (nSPS) is 21.2. The van der Waals surface area contributed by atoms with Crippen molar-refractivity contribution in [1.82, 2.24) is 19.5 Å². The number of ketones is 1. The highest BCUT2D eigenvalue weighted by Crippen LogP contribution is 2.39. The fourth-order valence-electron chi connectivity index (χ4n) is 4.28. The second kappa shape index (κ2) is 5.89. The molecule has 0 N–H and O–H groups in total. The lowest BCUT2D eigenvalue weighted by atomic mass is 9.89. The summed E-state index contributed by atoms with van der Waals surface area (Å²) in [5.41, 5.74) is 2.78. The van der Waals surface area contributed by atoms with Gasteiger partial charge in [-0.25, -0.2) is 9.50 Å². The van der Waals surface area contributed by atoms with Crippen LogP contribution in [-0.2, 0) is 0 Å². The predicted molar refractivity (Wildman–Crippen MR) is 102 cm³/mol. The van der Waals surface area contributed by atoms with Gasteiger partial charge in [0.1, 0.15) is 16.9 Å². The fraction of sp³-hybridized carbons (Fsp3) is 0.333. The highest BCUT2D eigenvalue weighted by atomic mass is 16.5. The molecular formula is C21H20N4O3. The third-order valence-corrected chi connectivity index (χ3v) is 5.61. The van der Waals surface area contributed by atoms with E-state index in [1.807, 2.05) is 38.1 Å². The first-order valence-electron chi connectivity index (χ1n) is 9.38. The third-order valence-electron chi connectivity index (χ3n) is 5.61. The molecule has 1 fully saturated rings. The lowest BCUT2D eigenvalue weighted by molar-refractivity contribution is 0.0429. The van der Waals surface area contributed by atoms with E-state index < -0.39 is 5.60 Å². The molecule has 2 aliphatic heterocycles. The van der Waals surface area contributed by atoms with Gasteiger partial charge in [0.25, 0.3) is 5.91 Å². The summed E-state index contributed by atoms with van der Waals surface area (Å²) in [5, 5.41) is 4.32. The molecule has 28 heavy (non-hydrogen) atoms. The van der Waals surface area contributed by atoms with E-state index in [4.69, 9.17) is 4.74 Å². The smallest absolute Gasteiger partial charge is 0.259 e. The van der Waals surface area contributed by atoms with E-state index in [-0.39, 0.29) is 11.7 Å². The Balaban J connectivity index is 1.44. The number of para-hydroxylation sites is 1. The number of fused-ring (bicyclic) bond motifs is 2. The molecule has 1 aromatic carbocycles. The van der Waals surface area contributed by atoms with Crippen LogP contribution in [0.4, 0.5) is 0 Å². The lowest BCUT2D eigenvalue weighted by Crippen LogP contribution is -2.45. The van der Waals surface area contributed by atoms with Gasteiger partial charge < -0.3 is 9.64 Å². The number of carbonyl (C=O) groups is 2. The number of benzene rings is 1. The molecular weight excluding hydrogens is 356 g/mol. The number of carbonyl (C=O) groups excluding carboxylic acids is 2. The van der Waals surface area contributed by atoms with Gasteiger partial charge in [-0.15, -0.1) is 0 Å². The molecule has 0 unspecified atom stereocenters. The number of rotatable bonds is 1. The standard InChI is InChI=1S/C21H20N4O3/c1-13-9-14(2)25-19(23-13)16(11-22-25)20(27)24-8-7-21(12-24)10-17(26)15-5-3-4-6-18(15)28-21/h3-6,9,11H,7-8,10,12H2,1-2H3/t21-/m1/s1. The van der Waals surface area contributed by atoms with Gasteiger partial charge in [0.2, 0.25) is 0 Å². The number of ether oxygens (including phenoxy) is 1. The number of aryl methyl sites for hydroxylation is 2. The molecule has 0 aliphatic carbocycles. The van der Waals surface area contributed by atoms with E-state index >= 15 is 0 Å². The minimum Gasteiger partial charge on any atom is -0.484 e. The third kappa shape index (κ3) is 2.50. The number of nitrogens with zero attached hydrogens (tertiary/aromatic N) is 4. The van der Waals surface area contributed by atoms with E-state index in [1.54, 1.807) is 21.7 Å². The van der Waals surface area contributed by atoms with Crippen LogP contribution < -0.4 is 4.74 Å². The monoisotopic (exact) mass is 376 g/mol. The number of hydrogen-bond donors (Lipinski definition) is 0. The minimum atomic E-state index is -0.649. The van der Waals surface area contributed by atoms with Gasteiger partial charge in [-0.3, -0.25) is 9.59 Å². The van der Waals surface area contributed by atoms with Gasteiger partial charge in [-0.1, -0.05) is 12.1 Å². The molecule has 0 saturated carbocycles. The van der Waals surface area contributed by atoms with Crippen molar-refractivity contribution >= 4 is 17.3 Å². The molecule has 1 spiro atoms. The summed E-state index contributed by atoms with van der Waals surface area (Å²) in [7, 11) is 0. The van der Waals surface area contributed by atoms with E-state index in [0.29, 0.717) is 48.5 Å². The van der Waals surface area contributed by atoms with Gasteiger partial charge in [-0.05, 0) is 32.0 Å². The van der Waals surface area contributed by atoms with Crippen molar-refractivity contribution in [3.05, 3.63) is 59.0 Å². The van der Waals surface area contributed by atoms with Crippen LogP contribution >= 0.6 is 0 Å². The Morgan fingerprint density at radius 1 is 1.25 bits per heavy atom. The van der Waals surface area contributed by atoms with E-state index in [1.165, 1.54) is 0 Å². The zero-order valence-electron chi connectivity index (χ0n) is 15.8. The van der Waals surface area contributed by atoms with Gasteiger partial charge in [0.05, 0.1) is 24.7 Å². The van der Waals surface area contributed by atoms with Crippen molar-refractivity contribution in [3.63, 3.8) is 0 Å². The van der Waals surface area contributed by atoms with E-state index in [0.717, 1.165) is 11.4 Å². The summed E-state index contributed by atoms with van der Waals surface area (Å²) in [6.45, 7) is 4.76. The summed E-state index contributed by atoms with van der Waals surface area (Å²) < 4.78 is 7.91. The predicted octanol–water partition coefficient (Wildman–Crippen LogP) is 2.60. The SMILES string of the molecule is Cc1cc(C)n2ncc(C(=O)N3CC[C@@]4(CC(=O)c5ccccc5O4)C3)c2n1. The van der Waals surface area contributed by atoms with Crippen molar-refractivity contribution in [1.29, 1.82) is 0 Å². The summed E-state index contributed by atoms with van der Waals surface area (Å²) in [5.74, 6) is 0.552. The fourth-order valence-corrected chi connectivity index (χ4v) is 4.28. The first-order chi connectivity index (χ1) is 13.5. The molecule has 2 aromatic heterocycles. The maximum atomic E-state index is 13.2. The van der Waals surface area contributed by atoms with Crippen molar-refractivity contribution in [2.24, 2.45) is 0 Å². The molecule has 0 bridgehead atoms. The first kappa shape index (κ1) is 16.9. The summed E-state index contributed by atoms with van der Waals surface area (Å²) in [6.07, 6.45) is 2.49. The molecule has 1 amide bonds. The van der Waals surface area contributed by atoms with E-state index in [2.05, 4.69) is 10.1 Å².